The van der Waals surface area contributed by atoms with Gasteiger partial charge in [0.2, 0.25) is 0 Å². The van der Waals surface area contributed by atoms with Gasteiger partial charge in [0, 0.05) is 38.2 Å². The molecule has 8 heteroatoms. The monoisotopic (exact) mass is 354 g/mol. The van der Waals surface area contributed by atoms with Gasteiger partial charge in [0.1, 0.15) is 5.69 Å². The Bertz CT molecular complexity index is 855. The number of ether oxygens (including phenoxy) is 1. The second-order valence-electron chi connectivity index (χ2n) is 6.54. The van der Waals surface area contributed by atoms with Crippen molar-refractivity contribution in [1.29, 1.82) is 0 Å². The summed E-state index contributed by atoms with van der Waals surface area (Å²) in [6.07, 6.45) is -0.598. The van der Waals surface area contributed by atoms with Crippen LogP contribution in [0.5, 0.6) is 0 Å². The van der Waals surface area contributed by atoms with Crippen molar-refractivity contribution in [3.63, 3.8) is 0 Å². The first-order valence-electron chi connectivity index (χ1n) is 8.39. The molecule has 2 aromatic rings. The Morgan fingerprint density at radius 3 is 2.62 bits per heavy atom. The van der Waals surface area contributed by atoms with Crippen LogP contribution in [0, 0.1) is 5.92 Å². The van der Waals surface area contributed by atoms with E-state index in [0.29, 0.717) is 25.3 Å². The molecule has 134 valence electrons. The fourth-order valence-electron chi connectivity index (χ4n) is 3.25. The highest BCUT2D eigenvalue weighted by Gasteiger charge is 2.39. The van der Waals surface area contributed by atoms with Gasteiger partial charge in [-0.05, 0) is 6.07 Å². The molecule has 8 nitrogen and oxygen atoms in total. The van der Waals surface area contributed by atoms with Gasteiger partial charge >= 0.3 is 6.09 Å². The zero-order valence-corrected chi connectivity index (χ0v) is 14.3. The molecule has 0 aliphatic carbocycles. The fraction of sp³-hybridized carbons (Fsp3) is 0.333. The largest absolute Gasteiger partial charge is 0.439 e. The van der Waals surface area contributed by atoms with Gasteiger partial charge in [-0.1, -0.05) is 30.3 Å². The maximum Gasteiger partial charge on any atom is 0.417 e. The van der Waals surface area contributed by atoms with E-state index in [1.807, 2.05) is 30.3 Å². The van der Waals surface area contributed by atoms with Gasteiger partial charge in [-0.15, -0.1) is 0 Å². The molecule has 0 bridgehead atoms. The van der Waals surface area contributed by atoms with Gasteiger partial charge in [-0.2, -0.15) is 5.10 Å². The van der Waals surface area contributed by atoms with Crippen LogP contribution in [0.2, 0.25) is 0 Å². The van der Waals surface area contributed by atoms with Crippen molar-refractivity contribution in [2.75, 3.05) is 26.2 Å². The number of benzene rings is 1. The van der Waals surface area contributed by atoms with Gasteiger partial charge in [0.15, 0.2) is 6.61 Å². The Morgan fingerprint density at radius 1 is 1.23 bits per heavy atom. The Hall–Kier alpha value is -3.16. The minimum Gasteiger partial charge on any atom is -0.439 e. The van der Waals surface area contributed by atoms with E-state index >= 15 is 0 Å². The number of aromatic nitrogens is 2. The normalized spacial score (nSPS) is 17.4. The van der Waals surface area contributed by atoms with Crippen molar-refractivity contribution < 1.29 is 19.1 Å². The van der Waals surface area contributed by atoms with E-state index in [9.17, 15) is 14.4 Å². The van der Waals surface area contributed by atoms with E-state index in [4.69, 9.17) is 4.74 Å². The van der Waals surface area contributed by atoms with Crippen LogP contribution in [0.3, 0.4) is 0 Å². The van der Waals surface area contributed by atoms with Crippen LogP contribution in [0.25, 0.3) is 11.3 Å². The van der Waals surface area contributed by atoms with Gasteiger partial charge < -0.3 is 9.64 Å². The van der Waals surface area contributed by atoms with E-state index in [-0.39, 0.29) is 24.3 Å². The van der Waals surface area contributed by atoms with Gasteiger partial charge in [0.05, 0.1) is 5.69 Å². The number of amides is 3. The summed E-state index contributed by atoms with van der Waals surface area (Å²) in [7, 11) is 1.75. The summed E-state index contributed by atoms with van der Waals surface area (Å²) in [5, 5.41) is 4.42. The smallest absolute Gasteiger partial charge is 0.417 e. The van der Waals surface area contributed by atoms with Crippen molar-refractivity contribution in [3.05, 3.63) is 42.1 Å². The maximum atomic E-state index is 12.7. The van der Waals surface area contributed by atoms with Crippen molar-refractivity contribution >= 4 is 17.9 Å². The number of rotatable bonds is 4. The third kappa shape index (κ3) is 2.83. The van der Waals surface area contributed by atoms with E-state index in [0.717, 1.165) is 16.2 Å². The predicted molar refractivity (Wildman–Crippen MR) is 91.1 cm³/mol. The zero-order valence-electron chi connectivity index (χ0n) is 14.3. The van der Waals surface area contributed by atoms with Crippen molar-refractivity contribution in [2.24, 2.45) is 13.0 Å². The summed E-state index contributed by atoms with van der Waals surface area (Å²) in [6.45, 7) is 1.11. The summed E-state index contributed by atoms with van der Waals surface area (Å²) in [6, 6.07) is 11.5. The summed E-state index contributed by atoms with van der Waals surface area (Å²) in [4.78, 5) is 38.5. The first-order valence-corrected chi connectivity index (χ1v) is 8.39. The van der Waals surface area contributed by atoms with Gasteiger partial charge in [0.25, 0.3) is 11.8 Å². The third-order valence-corrected chi connectivity index (χ3v) is 4.69. The number of carbonyl (C=O) groups is 3. The molecule has 0 N–H and O–H groups in total. The summed E-state index contributed by atoms with van der Waals surface area (Å²) in [5.74, 6) is -0.344. The maximum absolute atomic E-state index is 12.7. The van der Waals surface area contributed by atoms with Crippen LogP contribution < -0.4 is 0 Å². The SMILES string of the molecule is Cn1nc(-c2ccccc2)cc1C(=O)N1CC(CN2C(=O)COC2=O)C1. The van der Waals surface area contributed by atoms with E-state index < -0.39 is 6.09 Å². The molecule has 0 atom stereocenters. The molecule has 3 heterocycles. The Morgan fingerprint density at radius 2 is 1.96 bits per heavy atom. The van der Waals surface area contributed by atoms with Crippen molar-refractivity contribution in [3.8, 4) is 11.3 Å². The molecule has 26 heavy (non-hydrogen) atoms. The highest BCUT2D eigenvalue weighted by atomic mass is 16.6. The number of imide groups is 1. The Labute approximate surface area is 149 Å². The molecule has 2 fully saturated rings. The second-order valence-corrected chi connectivity index (χ2v) is 6.54. The molecule has 3 amide bonds. The molecule has 1 aromatic heterocycles. The lowest BCUT2D eigenvalue weighted by atomic mass is 9.99. The number of likely N-dealkylation sites (tertiary alicyclic amines) is 1. The second kappa shape index (κ2) is 6.29. The standard InChI is InChI=1S/C18H18N4O4/c1-20-15(7-14(19-20)13-5-3-2-4-6-13)17(24)21-8-12(9-21)10-22-16(23)11-26-18(22)25/h2-7,12H,8-11H2,1H3. The summed E-state index contributed by atoms with van der Waals surface area (Å²) in [5.41, 5.74) is 2.22. The van der Waals surface area contributed by atoms with Gasteiger partial charge in [-0.3, -0.25) is 14.3 Å². The predicted octanol–water partition coefficient (Wildman–Crippen LogP) is 1.14. The highest BCUT2D eigenvalue weighted by Crippen LogP contribution is 2.24. The molecule has 0 spiro atoms. The lowest BCUT2D eigenvalue weighted by Crippen LogP contribution is -2.54. The molecule has 2 aliphatic rings. The highest BCUT2D eigenvalue weighted by molar-refractivity contribution is 5.98. The average Bonchev–Trinajstić information content (AvgIpc) is 3.14. The molecular formula is C18H18N4O4. The Kier molecular flexibility index (Phi) is 3.95. The van der Waals surface area contributed by atoms with Crippen LogP contribution in [0.15, 0.2) is 36.4 Å². The molecule has 0 saturated carbocycles. The quantitative estimate of drug-likeness (QED) is 0.822. The molecule has 2 aliphatic heterocycles. The van der Waals surface area contributed by atoms with Gasteiger partial charge in [-0.25, -0.2) is 9.69 Å². The fourth-order valence-corrected chi connectivity index (χ4v) is 3.25. The lowest BCUT2D eigenvalue weighted by Gasteiger charge is -2.40. The number of hydrogen-bond acceptors (Lipinski definition) is 5. The molecule has 1 aromatic carbocycles. The molecule has 4 rings (SSSR count). The van der Waals surface area contributed by atoms with E-state index in [1.165, 1.54) is 0 Å². The minimum absolute atomic E-state index is 0.0790. The topological polar surface area (TPSA) is 84.7 Å². The Balaban J connectivity index is 1.40. The van der Waals surface area contributed by atoms with E-state index in [1.54, 1.807) is 22.7 Å². The van der Waals surface area contributed by atoms with Crippen LogP contribution in [-0.4, -0.2) is 63.7 Å². The zero-order chi connectivity index (χ0) is 18.3. The third-order valence-electron chi connectivity index (χ3n) is 4.69. The number of hydrogen-bond donors (Lipinski definition) is 0. The molecular weight excluding hydrogens is 336 g/mol. The number of cyclic esters (lactones) is 1. The summed E-state index contributed by atoms with van der Waals surface area (Å²) < 4.78 is 6.28. The van der Waals surface area contributed by atoms with Crippen LogP contribution in [0.1, 0.15) is 10.5 Å². The number of aryl methyl sites for hydroxylation is 1. The van der Waals surface area contributed by atoms with Crippen molar-refractivity contribution in [2.45, 2.75) is 0 Å². The molecule has 0 radical (unpaired) electrons. The molecule has 2 saturated heterocycles. The average molecular weight is 354 g/mol. The summed E-state index contributed by atoms with van der Waals surface area (Å²) >= 11 is 0. The van der Waals surface area contributed by atoms with E-state index in [2.05, 4.69) is 5.10 Å². The molecule has 0 unspecified atom stereocenters. The minimum atomic E-state index is -0.598. The van der Waals surface area contributed by atoms with Crippen molar-refractivity contribution in [1.82, 2.24) is 19.6 Å². The van der Waals surface area contributed by atoms with Crippen LogP contribution in [0.4, 0.5) is 4.79 Å². The first kappa shape index (κ1) is 16.3. The van der Waals surface area contributed by atoms with Crippen LogP contribution >= 0.6 is 0 Å². The lowest BCUT2D eigenvalue weighted by molar-refractivity contribution is -0.126. The first-order chi connectivity index (χ1) is 12.5. The van der Waals surface area contributed by atoms with Crippen LogP contribution in [-0.2, 0) is 16.6 Å². The number of nitrogens with zero attached hydrogens (tertiary/aromatic N) is 4. The number of carbonyl (C=O) groups excluding carboxylic acids is 3.